The van der Waals surface area contributed by atoms with Gasteiger partial charge >= 0.3 is 0 Å². The lowest BCUT2D eigenvalue weighted by atomic mass is 10.1. The molecule has 0 fully saturated rings. The van der Waals surface area contributed by atoms with Crippen LogP contribution in [-0.4, -0.2) is 0 Å². The van der Waals surface area contributed by atoms with Gasteiger partial charge in [0.1, 0.15) is 0 Å². The van der Waals surface area contributed by atoms with Crippen LogP contribution in [0.5, 0.6) is 0 Å². The molecule has 0 spiro atoms. The Hall–Kier alpha value is -0.890. The van der Waals surface area contributed by atoms with Gasteiger partial charge in [0, 0.05) is 10.5 Å². The van der Waals surface area contributed by atoms with Crippen molar-refractivity contribution in [3.8, 4) is 0 Å². The van der Waals surface area contributed by atoms with E-state index in [0.29, 0.717) is 0 Å². The summed E-state index contributed by atoms with van der Waals surface area (Å²) in [6, 6.07) is 6.31. The molecule has 0 aliphatic heterocycles. The number of fused-ring (bicyclic) bond motifs is 1. The fraction of sp³-hybridized carbons (Fsp3) is 0.100. The van der Waals surface area contributed by atoms with E-state index in [2.05, 4.69) is 46.0 Å². The molecule has 0 aliphatic rings. The van der Waals surface area contributed by atoms with E-state index in [4.69, 9.17) is 0 Å². The third-order valence-electron chi connectivity index (χ3n) is 1.99. The van der Waals surface area contributed by atoms with Gasteiger partial charge in [0.2, 0.25) is 0 Å². The Morgan fingerprint density at radius 2 is 2.08 bits per heavy atom. The zero-order valence-electron chi connectivity index (χ0n) is 6.76. The van der Waals surface area contributed by atoms with Crippen LogP contribution in [0.4, 0.5) is 0 Å². The fourth-order valence-electron chi connectivity index (χ4n) is 1.28. The molecule has 60 valence electrons. The van der Waals surface area contributed by atoms with Gasteiger partial charge in [-0.15, -0.1) is 0 Å². The smallest absolute Gasteiger partial charge is 0.176 e. The zero-order chi connectivity index (χ0) is 8.55. The predicted molar refractivity (Wildman–Crippen MR) is 52.9 cm³/mol. The maximum Gasteiger partial charge on any atom is 0.176 e. The maximum absolute atomic E-state index is 3.56. The van der Waals surface area contributed by atoms with Crippen LogP contribution >= 0.6 is 15.9 Å². The molecule has 2 aromatic rings. The first-order valence-electron chi connectivity index (χ1n) is 3.84. The van der Waals surface area contributed by atoms with E-state index in [1.165, 1.54) is 20.8 Å². The molecule has 0 saturated carbocycles. The summed E-state index contributed by atoms with van der Waals surface area (Å²) in [5, 5.41) is 2.49. The van der Waals surface area contributed by atoms with Crippen molar-refractivity contribution in [1.82, 2.24) is 0 Å². The van der Waals surface area contributed by atoms with E-state index >= 15 is 0 Å². The lowest BCUT2D eigenvalue weighted by Gasteiger charge is -1.99. The third-order valence-corrected chi connectivity index (χ3v) is 3.05. The zero-order valence-corrected chi connectivity index (χ0v) is 8.35. The molecule has 0 radical (unpaired) electrons. The number of H-pyrrole nitrogens is 1. The van der Waals surface area contributed by atoms with Gasteiger partial charge in [-0.05, 0) is 33.8 Å². The first-order chi connectivity index (χ1) is 5.79. The van der Waals surface area contributed by atoms with Crippen molar-refractivity contribution in [3.63, 3.8) is 0 Å². The summed E-state index contributed by atoms with van der Waals surface area (Å²) in [6.07, 6.45) is 3.94. The van der Waals surface area contributed by atoms with Crippen molar-refractivity contribution in [2.45, 2.75) is 6.92 Å². The molecule has 0 bridgehead atoms. The summed E-state index contributed by atoms with van der Waals surface area (Å²) in [4.78, 5) is 3.07. The van der Waals surface area contributed by atoms with E-state index in [9.17, 15) is 0 Å². The standard InChI is InChI=1S/C10H8BrN/c1-7-2-3-8-4-5-12-6-9(8)10(7)11/h2-6H,1H3/p+1. The Kier molecular flexibility index (Phi) is 1.85. The molecule has 1 nitrogen and oxygen atoms in total. The van der Waals surface area contributed by atoms with Crippen molar-refractivity contribution >= 4 is 26.7 Å². The molecule has 2 rings (SSSR count). The molecule has 2 heteroatoms. The number of hydrogen-bond donors (Lipinski definition) is 0. The second-order valence-electron chi connectivity index (χ2n) is 2.84. The Balaban J connectivity index is 2.91. The molecule has 0 aliphatic carbocycles. The van der Waals surface area contributed by atoms with Crippen LogP contribution in [0.2, 0.25) is 0 Å². The summed E-state index contributed by atoms with van der Waals surface area (Å²) in [7, 11) is 0. The van der Waals surface area contributed by atoms with E-state index in [1.807, 2.05) is 12.4 Å². The second-order valence-corrected chi connectivity index (χ2v) is 3.64. The minimum absolute atomic E-state index is 1.18. The van der Waals surface area contributed by atoms with Gasteiger partial charge in [0.25, 0.3) is 0 Å². The fourth-order valence-corrected chi connectivity index (χ4v) is 1.75. The number of rotatable bonds is 0. The molecule has 1 heterocycles. The van der Waals surface area contributed by atoms with Crippen LogP contribution in [0.3, 0.4) is 0 Å². The van der Waals surface area contributed by atoms with Gasteiger partial charge in [-0.3, -0.25) is 0 Å². The van der Waals surface area contributed by atoms with Crippen LogP contribution < -0.4 is 4.98 Å². The minimum atomic E-state index is 1.18. The number of halogens is 1. The van der Waals surface area contributed by atoms with Gasteiger partial charge in [0.15, 0.2) is 12.4 Å². The number of aromatic amines is 1. The van der Waals surface area contributed by atoms with Crippen LogP contribution in [-0.2, 0) is 0 Å². The molecule has 1 aromatic heterocycles. The summed E-state index contributed by atoms with van der Waals surface area (Å²) in [5.74, 6) is 0. The highest BCUT2D eigenvalue weighted by Gasteiger charge is 2.02. The highest BCUT2D eigenvalue weighted by Crippen LogP contribution is 2.25. The third kappa shape index (κ3) is 1.12. The number of pyridine rings is 1. The maximum atomic E-state index is 3.56. The van der Waals surface area contributed by atoms with E-state index in [-0.39, 0.29) is 0 Å². The Labute approximate surface area is 79.6 Å². The molecule has 0 atom stereocenters. The molecule has 1 aromatic carbocycles. The number of benzene rings is 1. The molecule has 1 N–H and O–H groups in total. The quantitative estimate of drug-likeness (QED) is 0.652. The van der Waals surface area contributed by atoms with E-state index in [0.717, 1.165) is 0 Å². The normalized spacial score (nSPS) is 10.5. The monoisotopic (exact) mass is 222 g/mol. The van der Waals surface area contributed by atoms with Crippen LogP contribution in [0.1, 0.15) is 5.56 Å². The summed E-state index contributed by atoms with van der Waals surface area (Å²) in [5.41, 5.74) is 1.27. The van der Waals surface area contributed by atoms with Crippen LogP contribution in [0, 0.1) is 6.92 Å². The highest BCUT2D eigenvalue weighted by molar-refractivity contribution is 9.10. The average molecular weight is 223 g/mol. The number of aromatic nitrogens is 1. The van der Waals surface area contributed by atoms with Crippen molar-refractivity contribution in [2.75, 3.05) is 0 Å². The molecular weight excluding hydrogens is 214 g/mol. The number of hydrogen-bond acceptors (Lipinski definition) is 0. The van der Waals surface area contributed by atoms with Crippen molar-refractivity contribution in [1.29, 1.82) is 0 Å². The van der Waals surface area contributed by atoms with Gasteiger partial charge < -0.3 is 0 Å². The Morgan fingerprint density at radius 1 is 1.25 bits per heavy atom. The van der Waals surface area contributed by atoms with E-state index < -0.39 is 0 Å². The predicted octanol–water partition coefficient (Wildman–Crippen LogP) is 2.72. The molecule has 0 unspecified atom stereocenters. The molecule has 0 saturated heterocycles. The van der Waals surface area contributed by atoms with Crippen molar-refractivity contribution in [2.24, 2.45) is 0 Å². The summed E-state index contributed by atoms with van der Waals surface area (Å²) >= 11 is 3.56. The summed E-state index contributed by atoms with van der Waals surface area (Å²) in [6.45, 7) is 2.09. The van der Waals surface area contributed by atoms with Gasteiger partial charge in [-0.25, -0.2) is 4.98 Å². The number of nitrogens with one attached hydrogen (secondary N) is 1. The molecule has 0 amide bonds. The molecular formula is C10H9BrN+. The lowest BCUT2D eigenvalue weighted by molar-refractivity contribution is -0.375. The van der Waals surface area contributed by atoms with Gasteiger partial charge in [0.05, 0.1) is 5.39 Å². The first kappa shape index (κ1) is 7.74. The minimum Gasteiger partial charge on any atom is -0.217 e. The Bertz CT molecular complexity index is 423. The van der Waals surface area contributed by atoms with Crippen molar-refractivity contribution in [3.05, 3.63) is 40.6 Å². The SMILES string of the molecule is Cc1ccc2cc[nH+]cc2c1Br. The first-order valence-corrected chi connectivity index (χ1v) is 4.63. The average Bonchev–Trinajstić information content (AvgIpc) is 2.12. The van der Waals surface area contributed by atoms with E-state index in [1.54, 1.807) is 0 Å². The van der Waals surface area contributed by atoms with Crippen LogP contribution in [0.15, 0.2) is 35.1 Å². The summed E-state index contributed by atoms with van der Waals surface area (Å²) < 4.78 is 1.18. The number of aryl methyl sites for hydroxylation is 1. The topological polar surface area (TPSA) is 14.1 Å². The van der Waals surface area contributed by atoms with Gasteiger partial charge in [-0.2, -0.15) is 0 Å². The van der Waals surface area contributed by atoms with Crippen molar-refractivity contribution < 1.29 is 4.98 Å². The second kappa shape index (κ2) is 2.87. The largest absolute Gasteiger partial charge is 0.217 e. The Morgan fingerprint density at radius 3 is 2.92 bits per heavy atom. The van der Waals surface area contributed by atoms with Gasteiger partial charge in [-0.1, -0.05) is 12.1 Å². The van der Waals surface area contributed by atoms with Crippen LogP contribution in [0.25, 0.3) is 10.8 Å². The lowest BCUT2D eigenvalue weighted by Crippen LogP contribution is -1.97. The highest BCUT2D eigenvalue weighted by atomic mass is 79.9. The molecule has 12 heavy (non-hydrogen) atoms.